The van der Waals surface area contributed by atoms with Crippen LogP contribution in [0.3, 0.4) is 0 Å². The summed E-state index contributed by atoms with van der Waals surface area (Å²) in [6.07, 6.45) is -1.10. The van der Waals surface area contributed by atoms with Crippen LogP contribution in [0.25, 0.3) is 11.3 Å². The number of hydrogen-bond acceptors (Lipinski definition) is 9. The highest BCUT2D eigenvalue weighted by molar-refractivity contribution is 5.79. The number of carbonyl (C=O) groups excluding carboxylic acids is 1. The maximum Gasteiger partial charge on any atom is 0.194 e. The molecule has 1 saturated heterocycles. The number of carbonyl (C=O) groups is 1. The average molecular weight is 522 g/mol. The summed E-state index contributed by atoms with van der Waals surface area (Å²) in [6.45, 7) is -0.559. The van der Waals surface area contributed by atoms with E-state index in [1.807, 2.05) is 0 Å². The number of aromatic nitrogens is 4. The molecule has 3 aromatic rings. The zero-order valence-electron chi connectivity index (χ0n) is 19.5. The topological polar surface area (TPSA) is 144 Å². The Labute approximate surface area is 208 Å². The van der Waals surface area contributed by atoms with Crippen LogP contribution in [-0.4, -0.2) is 72.3 Å². The van der Waals surface area contributed by atoms with Crippen LogP contribution in [-0.2, 0) is 16.0 Å². The zero-order chi connectivity index (χ0) is 26.3. The monoisotopic (exact) mass is 522 g/mol. The molecule has 2 fully saturated rings. The molecule has 1 saturated carbocycles. The van der Waals surface area contributed by atoms with Gasteiger partial charge in [-0.25, -0.2) is 17.9 Å². The fourth-order valence-corrected chi connectivity index (χ4v) is 4.97. The number of hydrogen-bond donors (Lipinski definition) is 3. The van der Waals surface area contributed by atoms with E-state index in [1.54, 1.807) is 6.07 Å². The van der Waals surface area contributed by atoms with Gasteiger partial charge >= 0.3 is 0 Å². The second kappa shape index (κ2) is 10.3. The van der Waals surface area contributed by atoms with Crippen molar-refractivity contribution in [2.45, 2.75) is 68.5 Å². The Morgan fingerprint density at radius 2 is 1.70 bits per heavy atom. The number of ether oxygens (including phenoxy) is 1. The molecule has 1 aliphatic heterocycles. The van der Waals surface area contributed by atoms with Crippen molar-refractivity contribution in [3.05, 3.63) is 53.3 Å². The van der Waals surface area contributed by atoms with Gasteiger partial charge < -0.3 is 24.6 Å². The summed E-state index contributed by atoms with van der Waals surface area (Å²) in [5, 5.41) is 43.4. The van der Waals surface area contributed by atoms with E-state index in [4.69, 9.17) is 9.26 Å². The fourth-order valence-electron chi connectivity index (χ4n) is 4.97. The van der Waals surface area contributed by atoms with Gasteiger partial charge in [-0.1, -0.05) is 10.4 Å². The fraction of sp³-hybridized carbons (Fsp3) is 0.500. The van der Waals surface area contributed by atoms with E-state index in [2.05, 4.69) is 15.5 Å². The van der Waals surface area contributed by atoms with E-state index in [9.17, 15) is 33.3 Å². The lowest BCUT2D eigenvalue weighted by Gasteiger charge is -2.42. The molecule has 1 aromatic carbocycles. The van der Waals surface area contributed by atoms with Crippen LogP contribution in [0.5, 0.6) is 0 Å². The van der Waals surface area contributed by atoms with E-state index < -0.39 is 54.5 Å². The first-order valence-corrected chi connectivity index (χ1v) is 11.9. The lowest BCUT2D eigenvalue weighted by Crippen LogP contribution is -2.56. The van der Waals surface area contributed by atoms with Gasteiger partial charge in [0, 0.05) is 36.8 Å². The molecule has 1 aliphatic carbocycles. The second-order valence-electron chi connectivity index (χ2n) is 9.44. The number of aliphatic hydroxyl groups is 3. The molecule has 37 heavy (non-hydrogen) atoms. The number of rotatable bonds is 6. The molecule has 0 radical (unpaired) electrons. The van der Waals surface area contributed by atoms with Crippen LogP contribution in [0.15, 0.2) is 28.9 Å². The third kappa shape index (κ3) is 5.04. The molecule has 0 bridgehead atoms. The summed E-state index contributed by atoms with van der Waals surface area (Å²) >= 11 is 0. The van der Waals surface area contributed by atoms with Crippen molar-refractivity contribution in [3.8, 4) is 11.3 Å². The molecule has 10 nitrogen and oxygen atoms in total. The van der Waals surface area contributed by atoms with Gasteiger partial charge in [0.25, 0.3) is 0 Å². The largest absolute Gasteiger partial charge is 0.394 e. The minimum atomic E-state index is -1.62. The molecule has 5 atom stereocenters. The molecule has 2 aromatic heterocycles. The predicted octanol–water partition coefficient (Wildman–Crippen LogP) is 1.84. The first-order valence-electron chi connectivity index (χ1n) is 11.9. The number of benzene rings is 1. The van der Waals surface area contributed by atoms with Crippen LogP contribution >= 0.6 is 0 Å². The van der Waals surface area contributed by atoms with Gasteiger partial charge in [0.1, 0.15) is 41.6 Å². The Bertz CT molecular complexity index is 1250. The summed E-state index contributed by atoms with van der Waals surface area (Å²) in [4.78, 5) is 11.5. The first-order chi connectivity index (χ1) is 17.7. The van der Waals surface area contributed by atoms with Crippen LogP contribution in [0.2, 0.25) is 0 Å². The summed E-state index contributed by atoms with van der Waals surface area (Å²) in [7, 11) is 0. The SMILES string of the molecule is O=C1CCC(c2cc(C[C@H]3O[C@H](CO)[C@H](O)[C@H](n4cc(-c5cc(F)c(F)c(F)c5)nn4)[C@H]3O)no2)CC1. The van der Waals surface area contributed by atoms with Crippen molar-refractivity contribution < 1.29 is 42.5 Å². The van der Waals surface area contributed by atoms with Gasteiger partial charge in [-0.05, 0) is 25.0 Å². The third-order valence-corrected chi connectivity index (χ3v) is 7.02. The van der Waals surface area contributed by atoms with Crippen molar-refractivity contribution in [1.82, 2.24) is 20.2 Å². The number of halogens is 3. The summed E-state index contributed by atoms with van der Waals surface area (Å²) in [6, 6.07) is 2.12. The molecule has 3 heterocycles. The highest BCUT2D eigenvalue weighted by Crippen LogP contribution is 2.34. The zero-order valence-corrected chi connectivity index (χ0v) is 19.5. The maximum absolute atomic E-state index is 13.7. The second-order valence-corrected chi connectivity index (χ2v) is 9.44. The minimum Gasteiger partial charge on any atom is -0.394 e. The van der Waals surface area contributed by atoms with Gasteiger partial charge in [0.15, 0.2) is 17.5 Å². The van der Waals surface area contributed by atoms with Gasteiger partial charge in [0.2, 0.25) is 0 Å². The molecule has 0 spiro atoms. The molecule has 198 valence electrons. The van der Waals surface area contributed by atoms with Crippen LogP contribution in [0, 0.1) is 17.5 Å². The molecule has 3 N–H and O–H groups in total. The highest BCUT2D eigenvalue weighted by Gasteiger charge is 2.46. The van der Waals surface area contributed by atoms with Gasteiger partial charge in [-0.2, -0.15) is 0 Å². The van der Waals surface area contributed by atoms with Gasteiger partial charge in [-0.15, -0.1) is 5.10 Å². The van der Waals surface area contributed by atoms with Gasteiger partial charge in [-0.3, -0.25) is 4.79 Å². The molecule has 0 unspecified atom stereocenters. The Morgan fingerprint density at radius 3 is 2.38 bits per heavy atom. The molecular weight excluding hydrogens is 497 g/mol. The predicted molar refractivity (Wildman–Crippen MR) is 119 cm³/mol. The lowest BCUT2D eigenvalue weighted by atomic mass is 9.86. The van der Waals surface area contributed by atoms with Crippen LogP contribution in [0.4, 0.5) is 13.2 Å². The van der Waals surface area contributed by atoms with E-state index in [0.29, 0.717) is 37.1 Å². The van der Waals surface area contributed by atoms with Gasteiger partial charge in [0.05, 0.1) is 24.6 Å². The molecule has 0 amide bonds. The first kappa shape index (κ1) is 25.5. The Balaban J connectivity index is 1.36. The van der Waals surface area contributed by atoms with E-state index in [1.165, 1.54) is 6.20 Å². The Morgan fingerprint density at radius 1 is 1.03 bits per heavy atom. The number of Topliss-reactive ketones (excluding diaryl/α,β-unsaturated/α-hetero) is 1. The standard InChI is InChI=1S/C24H25F3N4O6/c25-15-5-12(6-16(26)21(15)27)17-9-31(30-28-17)22-23(34)19(36-20(10-32)24(22)35)8-13-7-18(37-29-13)11-1-3-14(33)4-2-11/h5-7,9,11,19-20,22-24,32,34-35H,1-4,8,10H2/t19-,20-,22-,23+,24+/m1/s1. The maximum atomic E-state index is 13.7. The van der Waals surface area contributed by atoms with Crippen molar-refractivity contribution >= 4 is 5.78 Å². The van der Waals surface area contributed by atoms with Crippen LogP contribution in [0.1, 0.15) is 49.1 Å². The molecular formula is C24H25F3N4O6. The molecule has 2 aliphatic rings. The lowest BCUT2D eigenvalue weighted by molar-refractivity contribution is -0.205. The smallest absolute Gasteiger partial charge is 0.194 e. The third-order valence-electron chi connectivity index (χ3n) is 7.02. The van der Waals surface area contributed by atoms with E-state index in [0.717, 1.165) is 16.8 Å². The van der Waals surface area contributed by atoms with Crippen molar-refractivity contribution in [1.29, 1.82) is 0 Å². The van der Waals surface area contributed by atoms with Crippen molar-refractivity contribution in [2.24, 2.45) is 0 Å². The normalized spacial score (nSPS) is 27.1. The highest BCUT2D eigenvalue weighted by atomic mass is 19.2. The molecule has 13 heteroatoms. The van der Waals surface area contributed by atoms with E-state index in [-0.39, 0.29) is 29.4 Å². The summed E-state index contributed by atoms with van der Waals surface area (Å²) in [5.74, 6) is -3.48. The van der Waals surface area contributed by atoms with Crippen molar-refractivity contribution in [3.63, 3.8) is 0 Å². The van der Waals surface area contributed by atoms with E-state index >= 15 is 0 Å². The Kier molecular flexibility index (Phi) is 7.12. The quantitative estimate of drug-likeness (QED) is 0.413. The van der Waals surface area contributed by atoms with Crippen LogP contribution < -0.4 is 0 Å². The minimum absolute atomic E-state index is 0.0205. The molecule has 5 rings (SSSR count). The van der Waals surface area contributed by atoms with Crippen molar-refractivity contribution in [2.75, 3.05) is 6.61 Å². The average Bonchev–Trinajstić information content (AvgIpc) is 3.55. The number of nitrogens with zero attached hydrogens (tertiary/aromatic N) is 4. The summed E-state index contributed by atoms with van der Waals surface area (Å²) < 4.78 is 53.0. The number of ketones is 1. The number of aliphatic hydroxyl groups excluding tert-OH is 3. The Hall–Kier alpha value is -3.13. The summed E-state index contributed by atoms with van der Waals surface area (Å²) in [5.41, 5.74) is 0.376.